The van der Waals surface area contributed by atoms with Crippen LogP contribution >= 0.6 is 11.3 Å². The summed E-state index contributed by atoms with van der Waals surface area (Å²) in [6.45, 7) is 0. The molecule has 4 nitrogen and oxygen atoms in total. The van der Waals surface area contributed by atoms with E-state index in [9.17, 15) is 0 Å². The van der Waals surface area contributed by atoms with Crippen LogP contribution < -0.4 is 0 Å². The SMILES string of the molecule is c1cc(Cc2cn3nc(-c4ccsc4)ccc3n2)co1. The first kappa shape index (κ1) is 11.4. The van der Waals surface area contributed by atoms with E-state index in [1.165, 1.54) is 0 Å². The molecule has 4 aromatic heterocycles. The van der Waals surface area contributed by atoms with E-state index < -0.39 is 0 Å². The maximum absolute atomic E-state index is 5.08. The van der Waals surface area contributed by atoms with Crippen molar-refractivity contribution in [2.75, 3.05) is 0 Å². The molecule has 0 aliphatic heterocycles. The smallest absolute Gasteiger partial charge is 0.153 e. The van der Waals surface area contributed by atoms with Crippen LogP contribution in [-0.4, -0.2) is 14.6 Å². The minimum absolute atomic E-state index is 0.758. The van der Waals surface area contributed by atoms with Crippen LogP contribution in [0.4, 0.5) is 0 Å². The van der Waals surface area contributed by atoms with Crippen molar-refractivity contribution < 1.29 is 4.42 Å². The van der Waals surface area contributed by atoms with Gasteiger partial charge < -0.3 is 4.42 Å². The molecule has 4 aromatic rings. The summed E-state index contributed by atoms with van der Waals surface area (Å²) in [4.78, 5) is 4.57. The summed E-state index contributed by atoms with van der Waals surface area (Å²) in [7, 11) is 0. The zero-order valence-electron chi connectivity index (χ0n) is 10.6. The summed E-state index contributed by atoms with van der Waals surface area (Å²) in [6.07, 6.45) is 6.15. The first-order chi connectivity index (χ1) is 9.88. The molecule has 0 saturated carbocycles. The number of nitrogens with zero attached hydrogens (tertiary/aromatic N) is 3. The van der Waals surface area contributed by atoms with Crippen molar-refractivity contribution >= 4 is 17.0 Å². The Hall–Kier alpha value is -2.40. The van der Waals surface area contributed by atoms with Gasteiger partial charge in [0.1, 0.15) is 0 Å². The van der Waals surface area contributed by atoms with Gasteiger partial charge in [-0.2, -0.15) is 16.4 Å². The van der Waals surface area contributed by atoms with Gasteiger partial charge in [0, 0.05) is 17.4 Å². The number of hydrogen-bond acceptors (Lipinski definition) is 4. The fourth-order valence-electron chi connectivity index (χ4n) is 2.18. The van der Waals surface area contributed by atoms with Gasteiger partial charge in [-0.15, -0.1) is 0 Å². The lowest BCUT2D eigenvalue weighted by Gasteiger charge is -1.97. The summed E-state index contributed by atoms with van der Waals surface area (Å²) >= 11 is 1.67. The van der Waals surface area contributed by atoms with Crippen LogP contribution in [0.3, 0.4) is 0 Å². The van der Waals surface area contributed by atoms with Gasteiger partial charge in [-0.3, -0.25) is 0 Å². The van der Waals surface area contributed by atoms with E-state index in [4.69, 9.17) is 4.42 Å². The van der Waals surface area contributed by atoms with E-state index in [0.29, 0.717) is 0 Å². The molecular weight excluding hydrogens is 270 g/mol. The Morgan fingerprint density at radius 2 is 2.20 bits per heavy atom. The van der Waals surface area contributed by atoms with Crippen LogP contribution in [0.1, 0.15) is 11.3 Å². The lowest BCUT2D eigenvalue weighted by Crippen LogP contribution is -1.91. The topological polar surface area (TPSA) is 43.3 Å². The Labute approximate surface area is 119 Å². The highest BCUT2D eigenvalue weighted by Crippen LogP contribution is 2.20. The van der Waals surface area contributed by atoms with E-state index >= 15 is 0 Å². The van der Waals surface area contributed by atoms with Crippen molar-refractivity contribution in [3.05, 3.63) is 65.0 Å². The Morgan fingerprint density at radius 3 is 3.00 bits per heavy atom. The highest BCUT2D eigenvalue weighted by Gasteiger charge is 2.06. The van der Waals surface area contributed by atoms with E-state index in [2.05, 4.69) is 26.9 Å². The molecular formula is C15H11N3OS. The van der Waals surface area contributed by atoms with Crippen molar-refractivity contribution in [3.8, 4) is 11.3 Å². The second-order valence-electron chi connectivity index (χ2n) is 4.57. The fourth-order valence-corrected chi connectivity index (χ4v) is 2.83. The van der Waals surface area contributed by atoms with Gasteiger partial charge in [0.05, 0.1) is 30.1 Å². The predicted molar refractivity (Wildman–Crippen MR) is 77.8 cm³/mol. The van der Waals surface area contributed by atoms with Gasteiger partial charge in [-0.25, -0.2) is 9.50 Å². The zero-order valence-corrected chi connectivity index (χ0v) is 11.4. The first-order valence-corrected chi connectivity index (χ1v) is 7.22. The highest BCUT2D eigenvalue weighted by molar-refractivity contribution is 7.08. The van der Waals surface area contributed by atoms with Gasteiger partial charge in [-0.05, 0) is 35.2 Å². The van der Waals surface area contributed by atoms with Crippen molar-refractivity contribution in [2.24, 2.45) is 0 Å². The molecule has 0 saturated heterocycles. The maximum Gasteiger partial charge on any atom is 0.153 e. The van der Waals surface area contributed by atoms with Crippen molar-refractivity contribution in [2.45, 2.75) is 6.42 Å². The van der Waals surface area contributed by atoms with Gasteiger partial charge in [0.25, 0.3) is 0 Å². The lowest BCUT2D eigenvalue weighted by atomic mass is 10.2. The Kier molecular flexibility index (Phi) is 2.63. The molecule has 0 aliphatic rings. The van der Waals surface area contributed by atoms with Gasteiger partial charge >= 0.3 is 0 Å². The first-order valence-electron chi connectivity index (χ1n) is 6.27. The molecule has 20 heavy (non-hydrogen) atoms. The highest BCUT2D eigenvalue weighted by atomic mass is 32.1. The number of thiophene rings is 1. The quantitative estimate of drug-likeness (QED) is 0.576. The zero-order chi connectivity index (χ0) is 13.4. The van der Waals surface area contributed by atoms with Gasteiger partial charge in [-0.1, -0.05) is 0 Å². The molecule has 0 amide bonds. The van der Waals surface area contributed by atoms with Crippen LogP contribution in [0, 0.1) is 0 Å². The van der Waals surface area contributed by atoms with Crippen molar-refractivity contribution in [1.29, 1.82) is 0 Å². The molecule has 4 rings (SSSR count). The Bertz CT molecular complexity index is 831. The fraction of sp³-hybridized carbons (Fsp3) is 0.0667. The van der Waals surface area contributed by atoms with Crippen molar-refractivity contribution in [3.63, 3.8) is 0 Å². The number of aromatic nitrogens is 3. The van der Waals surface area contributed by atoms with Gasteiger partial charge in [0.2, 0.25) is 0 Å². The van der Waals surface area contributed by atoms with Crippen LogP contribution in [-0.2, 0) is 6.42 Å². The van der Waals surface area contributed by atoms with E-state index in [1.54, 1.807) is 23.9 Å². The molecule has 4 heterocycles. The molecule has 0 aliphatic carbocycles. The normalized spacial score (nSPS) is 11.2. The van der Waals surface area contributed by atoms with Crippen molar-refractivity contribution in [1.82, 2.24) is 14.6 Å². The molecule has 5 heteroatoms. The summed E-state index contributed by atoms with van der Waals surface area (Å²) < 4.78 is 6.92. The second-order valence-corrected chi connectivity index (χ2v) is 5.35. The summed E-state index contributed by atoms with van der Waals surface area (Å²) in [5.74, 6) is 0. The Morgan fingerprint density at radius 1 is 1.20 bits per heavy atom. The molecule has 0 fully saturated rings. The number of rotatable bonds is 3. The van der Waals surface area contributed by atoms with Crippen LogP contribution in [0.25, 0.3) is 16.9 Å². The van der Waals surface area contributed by atoms with E-state index in [-0.39, 0.29) is 0 Å². The molecule has 0 spiro atoms. The number of fused-ring (bicyclic) bond motifs is 1. The van der Waals surface area contributed by atoms with Gasteiger partial charge in [0.15, 0.2) is 5.65 Å². The Balaban J connectivity index is 1.72. The molecule has 0 aromatic carbocycles. The third-order valence-corrected chi connectivity index (χ3v) is 3.84. The predicted octanol–water partition coefficient (Wildman–Crippen LogP) is 3.64. The molecule has 0 bridgehead atoms. The molecule has 0 N–H and O–H groups in total. The average molecular weight is 281 g/mol. The number of furan rings is 1. The molecule has 0 unspecified atom stereocenters. The van der Waals surface area contributed by atoms with E-state index in [0.717, 1.165) is 34.6 Å². The van der Waals surface area contributed by atoms with E-state index in [1.807, 2.05) is 28.9 Å². The molecule has 0 atom stereocenters. The number of imidazole rings is 1. The average Bonchev–Trinajstić information content (AvgIpc) is 3.19. The van der Waals surface area contributed by atoms with Crippen LogP contribution in [0.15, 0.2) is 58.2 Å². The third-order valence-electron chi connectivity index (χ3n) is 3.15. The minimum Gasteiger partial charge on any atom is -0.472 e. The summed E-state index contributed by atoms with van der Waals surface area (Å²) in [6, 6.07) is 8.03. The number of hydrogen-bond donors (Lipinski definition) is 0. The maximum atomic E-state index is 5.08. The summed E-state index contributed by atoms with van der Waals surface area (Å²) in [5.41, 5.74) is 5.07. The standard InChI is InChI=1S/C15H11N3OS/c1-2-15-16-13(7-11-3-5-19-9-11)8-18(15)17-14(1)12-4-6-20-10-12/h1-6,8-10H,7H2. The van der Waals surface area contributed by atoms with Crippen LogP contribution in [0.2, 0.25) is 0 Å². The minimum atomic E-state index is 0.758. The molecule has 98 valence electrons. The summed E-state index contributed by atoms with van der Waals surface area (Å²) in [5, 5.41) is 8.75. The third kappa shape index (κ3) is 2.02. The molecule has 0 radical (unpaired) electrons. The second kappa shape index (κ2) is 4.61. The monoisotopic (exact) mass is 281 g/mol. The lowest BCUT2D eigenvalue weighted by molar-refractivity contribution is 0.564. The largest absolute Gasteiger partial charge is 0.472 e. The van der Waals surface area contributed by atoms with Crippen LogP contribution in [0.5, 0.6) is 0 Å².